The minimum Gasteiger partial charge on any atom is -0.369 e. The molecule has 29 heavy (non-hydrogen) atoms. The highest BCUT2D eigenvalue weighted by Crippen LogP contribution is 2.35. The van der Waals surface area contributed by atoms with Gasteiger partial charge in [-0.05, 0) is 30.9 Å². The number of primary amides is 1. The summed E-state index contributed by atoms with van der Waals surface area (Å²) >= 11 is 1.48. The van der Waals surface area contributed by atoms with Gasteiger partial charge in [0.2, 0.25) is 11.8 Å². The number of carbonyl (C=O) groups is 2. The Hall–Kier alpha value is -3.00. The molecule has 3 aromatic rings. The topological polar surface area (TPSA) is 98.3 Å². The molecule has 2 aromatic heterocycles. The molecule has 1 aliphatic rings. The van der Waals surface area contributed by atoms with Crippen LogP contribution >= 0.6 is 11.3 Å². The van der Waals surface area contributed by atoms with Crippen molar-refractivity contribution < 1.29 is 9.59 Å². The molecule has 1 saturated heterocycles. The fourth-order valence-corrected chi connectivity index (χ4v) is 4.96. The van der Waals surface area contributed by atoms with Gasteiger partial charge >= 0.3 is 0 Å². The number of carbonyl (C=O) groups excluding carboxylic acids is 2. The summed E-state index contributed by atoms with van der Waals surface area (Å²) in [5, 5.41) is 0.554. The minimum absolute atomic E-state index is 0.0940. The summed E-state index contributed by atoms with van der Waals surface area (Å²) in [6, 6.07) is 9.88. The molecule has 2 amide bonds. The van der Waals surface area contributed by atoms with Crippen molar-refractivity contribution in [3.05, 3.63) is 52.6 Å². The summed E-state index contributed by atoms with van der Waals surface area (Å²) in [5.41, 5.74) is 7.09. The summed E-state index contributed by atoms with van der Waals surface area (Å²) in [4.78, 5) is 45.0. The first-order chi connectivity index (χ1) is 14.0. The predicted molar refractivity (Wildman–Crippen MR) is 113 cm³/mol. The molecular weight excluding hydrogens is 388 g/mol. The average Bonchev–Trinajstić information content (AvgIpc) is 3.08. The number of fused-ring (bicyclic) bond motifs is 1. The van der Waals surface area contributed by atoms with Crippen molar-refractivity contribution in [2.45, 2.75) is 26.3 Å². The molecule has 0 unspecified atom stereocenters. The molecule has 7 nitrogen and oxygen atoms in total. The third kappa shape index (κ3) is 3.67. The van der Waals surface area contributed by atoms with Crippen molar-refractivity contribution in [3.8, 4) is 10.4 Å². The van der Waals surface area contributed by atoms with Crippen LogP contribution in [0.5, 0.6) is 0 Å². The number of thiophene rings is 1. The maximum absolute atomic E-state index is 13.1. The molecule has 150 valence electrons. The van der Waals surface area contributed by atoms with E-state index in [0.29, 0.717) is 29.7 Å². The van der Waals surface area contributed by atoms with Gasteiger partial charge in [-0.15, -0.1) is 11.3 Å². The maximum atomic E-state index is 13.1. The summed E-state index contributed by atoms with van der Waals surface area (Å²) in [5.74, 6) is -0.905. The van der Waals surface area contributed by atoms with Crippen LogP contribution in [0.25, 0.3) is 20.7 Å². The number of rotatable bonds is 4. The van der Waals surface area contributed by atoms with Gasteiger partial charge in [-0.3, -0.25) is 19.0 Å². The molecular formula is C21H22N4O3S. The zero-order valence-electron chi connectivity index (χ0n) is 16.1. The standard InChI is InChI=1S/C21H22N4O3S/c1-13-17-20(29-18(13)14-6-3-2-4-7-14)23-12-25(21(17)28)11-16(26)24-9-5-8-15(10-24)19(22)27/h2-4,6-7,12,15H,5,8-11H2,1H3,(H2,22,27)/t15-/m1/s1. The van der Waals surface area contributed by atoms with E-state index in [-0.39, 0.29) is 29.8 Å². The van der Waals surface area contributed by atoms with E-state index in [1.54, 1.807) is 4.90 Å². The lowest BCUT2D eigenvalue weighted by molar-refractivity contribution is -0.135. The van der Waals surface area contributed by atoms with Crippen LogP contribution in [0.15, 0.2) is 41.5 Å². The average molecular weight is 410 g/mol. The number of amides is 2. The lowest BCUT2D eigenvalue weighted by Gasteiger charge is -2.31. The van der Waals surface area contributed by atoms with Gasteiger partial charge in [0.25, 0.3) is 5.56 Å². The number of likely N-dealkylation sites (tertiary alicyclic amines) is 1. The van der Waals surface area contributed by atoms with Gasteiger partial charge in [-0.2, -0.15) is 0 Å². The molecule has 8 heteroatoms. The highest BCUT2D eigenvalue weighted by Gasteiger charge is 2.27. The van der Waals surface area contributed by atoms with E-state index in [2.05, 4.69) is 4.98 Å². The Bertz CT molecular complexity index is 1140. The van der Waals surface area contributed by atoms with Crippen LogP contribution in [0.1, 0.15) is 18.4 Å². The summed E-state index contributed by atoms with van der Waals surface area (Å²) in [7, 11) is 0. The van der Waals surface area contributed by atoms with E-state index < -0.39 is 0 Å². The van der Waals surface area contributed by atoms with Crippen LogP contribution in [-0.2, 0) is 16.1 Å². The number of hydrogen-bond acceptors (Lipinski definition) is 5. The van der Waals surface area contributed by atoms with Crippen molar-refractivity contribution in [3.63, 3.8) is 0 Å². The normalized spacial score (nSPS) is 16.9. The second kappa shape index (κ2) is 7.79. The second-order valence-corrected chi connectivity index (χ2v) is 8.36. The number of nitrogens with two attached hydrogens (primary N) is 1. The fraction of sp³-hybridized carbons (Fsp3) is 0.333. The monoisotopic (exact) mass is 410 g/mol. The molecule has 1 aliphatic heterocycles. The van der Waals surface area contributed by atoms with Crippen molar-refractivity contribution in [1.82, 2.24) is 14.5 Å². The van der Waals surface area contributed by atoms with E-state index in [1.807, 2.05) is 37.3 Å². The van der Waals surface area contributed by atoms with Gasteiger partial charge in [-0.1, -0.05) is 30.3 Å². The zero-order valence-corrected chi connectivity index (χ0v) is 16.9. The van der Waals surface area contributed by atoms with Gasteiger partial charge in [0.1, 0.15) is 11.4 Å². The van der Waals surface area contributed by atoms with E-state index in [4.69, 9.17) is 5.73 Å². The number of aryl methyl sites for hydroxylation is 1. The molecule has 0 aliphatic carbocycles. The van der Waals surface area contributed by atoms with Crippen LogP contribution < -0.4 is 11.3 Å². The SMILES string of the molecule is Cc1c(-c2ccccc2)sc2ncn(CC(=O)N3CCC[C@@H](C(N)=O)C3)c(=O)c12. The van der Waals surface area contributed by atoms with Crippen LogP contribution in [0.4, 0.5) is 0 Å². The Kier molecular flexibility index (Phi) is 5.19. The second-order valence-electron chi connectivity index (χ2n) is 7.36. The molecule has 0 saturated carbocycles. The molecule has 3 heterocycles. The van der Waals surface area contributed by atoms with Crippen molar-refractivity contribution in [2.75, 3.05) is 13.1 Å². The Morgan fingerprint density at radius 1 is 1.28 bits per heavy atom. The Morgan fingerprint density at radius 2 is 2.03 bits per heavy atom. The molecule has 1 atom stereocenters. The van der Waals surface area contributed by atoms with Crippen LogP contribution in [-0.4, -0.2) is 39.4 Å². The van der Waals surface area contributed by atoms with Gasteiger partial charge in [0, 0.05) is 18.0 Å². The molecule has 1 aromatic carbocycles. The predicted octanol–water partition coefficient (Wildman–Crippen LogP) is 2.16. The Morgan fingerprint density at radius 3 is 2.76 bits per heavy atom. The third-order valence-electron chi connectivity index (χ3n) is 5.44. The van der Waals surface area contributed by atoms with Gasteiger partial charge < -0.3 is 10.6 Å². The lowest BCUT2D eigenvalue weighted by atomic mass is 9.97. The van der Waals surface area contributed by atoms with Crippen LogP contribution in [0, 0.1) is 12.8 Å². The molecule has 2 N–H and O–H groups in total. The van der Waals surface area contributed by atoms with E-state index in [9.17, 15) is 14.4 Å². The van der Waals surface area contributed by atoms with E-state index >= 15 is 0 Å². The summed E-state index contributed by atoms with van der Waals surface area (Å²) < 4.78 is 1.35. The fourth-order valence-electron chi connectivity index (χ4n) is 3.82. The lowest BCUT2D eigenvalue weighted by Crippen LogP contribution is -2.45. The van der Waals surface area contributed by atoms with Crippen LogP contribution in [0.2, 0.25) is 0 Å². The first-order valence-electron chi connectivity index (χ1n) is 9.56. The van der Waals surface area contributed by atoms with Crippen LogP contribution in [0.3, 0.4) is 0 Å². The summed E-state index contributed by atoms with van der Waals surface area (Å²) in [6.07, 6.45) is 2.86. The van der Waals surface area contributed by atoms with Gasteiger partial charge in [-0.25, -0.2) is 4.98 Å². The number of nitrogens with zero attached hydrogens (tertiary/aromatic N) is 3. The quantitative estimate of drug-likeness (QED) is 0.712. The van der Waals surface area contributed by atoms with Crippen molar-refractivity contribution >= 4 is 33.4 Å². The smallest absolute Gasteiger partial charge is 0.262 e. The van der Waals surface area contributed by atoms with Crippen molar-refractivity contribution in [2.24, 2.45) is 11.7 Å². The highest BCUT2D eigenvalue weighted by atomic mass is 32.1. The first kappa shape index (κ1) is 19.3. The minimum atomic E-state index is -0.384. The Balaban J connectivity index is 1.63. The van der Waals surface area contributed by atoms with Gasteiger partial charge in [0.05, 0.1) is 17.6 Å². The maximum Gasteiger partial charge on any atom is 0.262 e. The van der Waals surface area contributed by atoms with Gasteiger partial charge in [0.15, 0.2) is 0 Å². The number of piperidine rings is 1. The number of benzene rings is 1. The third-order valence-corrected chi connectivity index (χ3v) is 6.68. The number of aromatic nitrogens is 2. The molecule has 0 spiro atoms. The van der Waals surface area contributed by atoms with E-state index in [0.717, 1.165) is 22.4 Å². The Labute approximate surface area is 171 Å². The van der Waals surface area contributed by atoms with Crippen molar-refractivity contribution in [1.29, 1.82) is 0 Å². The molecule has 1 fully saturated rings. The molecule has 4 rings (SSSR count). The molecule has 0 bridgehead atoms. The number of hydrogen-bond donors (Lipinski definition) is 1. The largest absolute Gasteiger partial charge is 0.369 e. The highest BCUT2D eigenvalue weighted by molar-refractivity contribution is 7.22. The molecule has 0 radical (unpaired) electrons. The zero-order chi connectivity index (χ0) is 20.5. The van der Waals surface area contributed by atoms with E-state index in [1.165, 1.54) is 22.2 Å². The first-order valence-corrected chi connectivity index (χ1v) is 10.4. The summed E-state index contributed by atoms with van der Waals surface area (Å²) in [6.45, 7) is 2.71.